The van der Waals surface area contributed by atoms with Crippen LogP contribution in [0.15, 0.2) is 42.6 Å². The van der Waals surface area contributed by atoms with Crippen LogP contribution in [-0.4, -0.2) is 5.00 Å². The molecule has 0 radical (unpaired) electrons. The van der Waals surface area contributed by atoms with Gasteiger partial charge >= 0.3 is 0 Å². The molecule has 1 aliphatic rings. The number of hydrogen-bond acceptors (Lipinski definition) is 1. The van der Waals surface area contributed by atoms with Gasteiger partial charge in [0.2, 0.25) is 5.00 Å². The van der Waals surface area contributed by atoms with Gasteiger partial charge in [-0.3, -0.25) is 4.65 Å². The number of hydrogen-bond donors (Lipinski definition) is 0. The maximum atomic E-state index is 12.1. The summed E-state index contributed by atoms with van der Waals surface area (Å²) in [6.45, 7) is 1.72. The van der Waals surface area contributed by atoms with Gasteiger partial charge in [0.25, 0.3) is 0 Å². The van der Waals surface area contributed by atoms with Crippen LogP contribution in [0.2, 0.25) is 0 Å². The molecule has 1 heterocycles. The van der Waals surface area contributed by atoms with Crippen LogP contribution in [0.25, 0.3) is 0 Å². The van der Waals surface area contributed by atoms with Crippen molar-refractivity contribution < 1.29 is 0 Å². The number of quaternary nitrogens is 1. The van der Waals surface area contributed by atoms with E-state index in [1.807, 2.05) is 18.2 Å². The molecule has 68 valence electrons. The minimum atomic E-state index is -0.846. The molecule has 1 aromatic carbocycles. The maximum absolute atomic E-state index is 12.1. The molecule has 0 bridgehead atoms. The largest absolute Gasteiger partial charge is 0.621 e. The summed E-state index contributed by atoms with van der Waals surface area (Å²) in [5.74, 6) is 0. The Morgan fingerprint density at radius 3 is 2.31 bits per heavy atom. The molecule has 2 rings (SSSR count). The smallest absolute Gasteiger partial charge is 0.204 e. The van der Waals surface area contributed by atoms with E-state index in [-0.39, 0.29) is 0 Å². The third-order valence-electron chi connectivity index (χ3n) is 2.38. The van der Waals surface area contributed by atoms with Crippen LogP contribution in [0.4, 0.5) is 5.69 Å². The van der Waals surface area contributed by atoms with Gasteiger partial charge in [-0.1, -0.05) is 18.2 Å². The SMILES string of the molecule is CC1(Cl)C=C[N+]1([O-])c1ccccc1. The van der Waals surface area contributed by atoms with Gasteiger partial charge < -0.3 is 5.21 Å². The number of rotatable bonds is 1. The Balaban J connectivity index is 2.44. The molecule has 0 spiro atoms. The van der Waals surface area contributed by atoms with Gasteiger partial charge in [-0.25, -0.2) is 0 Å². The summed E-state index contributed by atoms with van der Waals surface area (Å²) in [4.78, 5) is -0.846. The fourth-order valence-electron chi connectivity index (χ4n) is 1.40. The van der Waals surface area contributed by atoms with Crippen LogP contribution in [0, 0.1) is 5.21 Å². The fourth-order valence-corrected chi connectivity index (χ4v) is 1.61. The van der Waals surface area contributed by atoms with Crippen molar-refractivity contribution in [2.24, 2.45) is 0 Å². The van der Waals surface area contributed by atoms with Crippen molar-refractivity contribution >= 4 is 17.3 Å². The third-order valence-corrected chi connectivity index (χ3v) is 2.76. The van der Waals surface area contributed by atoms with E-state index >= 15 is 0 Å². The van der Waals surface area contributed by atoms with Gasteiger partial charge in [0.15, 0.2) is 0 Å². The molecule has 0 N–H and O–H groups in total. The molecule has 0 fully saturated rings. The molecule has 2 nitrogen and oxygen atoms in total. The zero-order valence-electron chi connectivity index (χ0n) is 7.27. The molecule has 1 aliphatic heterocycles. The molecule has 2 unspecified atom stereocenters. The molecule has 13 heavy (non-hydrogen) atoms. The van der Waals surface area contributed by atoms with Crippen LogP contribution >= 0.6 is 11.6 Å². The van der Waals surface area contributed by atoms with E-state index in [0.717, 1.165) is 0 Å². The lowest BCUT2D eigenvalue weighted by molar-refractivity contribution is 0.345. The van der Waals surface area contributed by atoms with E-state index in [4.69, 9.17) is 11.6 Å². The summed E-state index contributed by atoms with van der Waals surface area (Å²) < 4.78 is -0.574. The monoisotopic (exact) mass is 195 g/mol. The summed E-state index contributed by atoms with van der Waals surface area (Å²) in [7, 11) is 0. The first kappa shape index (κ1) is 8.75. The van der Waals surface area contributed by atoms with E-state index in [1.165, 1.54) is 0 Å². The first-order chi connectivity index (χ1) is 6.06. The van der Waals surface area contributed by atoms with Gasteiger partial charge in [0.05, 0.1) is 0 Å². The van der Waals surface area contributed by atoms with Gasteiger partial charge in [-0.05, 0) is 23.7 Å². The Morgan fingerprint density at radius 1 is 1.31 bits per heavy atom. The minimum Gasteiger partial charge on any atom is -0.621 e. The highest BCUT2D eigenvalue weighted by Gasteiger charge is 2.45. The highest BCUT2D eigenvalue weighted by atomic mass is 35.5. The molecule has 2 atom stereocenters. The van der Waals surface area contributed by atoms with E-state index in [9.17, 15) is 5.21 Å². The standard InChI is InChI=1S/C10H10ClNO/c1-10(11)7-8-12(10,13)9-5-3-2-4-6-9/h2-8H,1H3. The third kappa shape index (κ3) is 1.10. The van der Waals surface area contributed by atoms with Crippen molar-refractivity contribution in [3.05, 3.63) is 47.8 Å². The Hall–Kier alpha value is -0.830. The summed E-state index contributed by atoms with van der Waals surface area (Å²) in [6, 6.07) is 9.14. The van der Waals surface area contributed by atoms with Crippen molar-refractivity contribution in [2.45, 2.75) is 11.9 Å². The van der Waals surface area contributed by atoms with Gasteiger partial charge in [0, 0.05) is 13.0 Å². The van der Waals surface area contributed by atoms with Crippen LogP contribution in [0.3, 0.4) is 0 Å². The zero-order chi connectivity index (χ0) is 9.53. The van der Waals surface area contributed by atoms with Crippen molar-refractivity contribution in [1.82, 2.24) is 4.65 Å². The van der Waals surface area contributed by atoms with Crippen molar-refractivity contribution in [2.75, 3.05) is 0 Å². The van der Waals surface area contributed by atoms with Crippen LogP contribution in [-0.2, 0) is 0 Å². The molecule has 0 saturated heterocycles. The predicted molar refractivity (Wildman–Crippen MR) is 55.0 cm³/mol. The lowest BCUT2D eigenvalue weighted by Gasteiger charge is -2.52. The topological polar surface area (TPSA) is 23.1 Å². The van der Waals surface area contributed by atoms with Gasteiger partial charge in [-0.15, -0.1) is 0 Å². The summed E-state index contributed by atoms with van der Waals surface area (Å²) >= 11 is 6.02. The molecule has 0 aliphatic carbocycles. The molecule has 3 heteroatoms. The Labute approximate surface area is 82.2 Å². The number of nitrogens with zero attached hydrogens (tertiary/aromatic N) is 1. The molecule has 0 aromatic heterocycles. The Morgan fingerprint density at radius 2 is 1.92 bits per heavy atom. The molecular formula is C10H10ClNO. The second kappa shape index (κ2) is 2.58. The van der Waals surface area contributed by atoms with E-state index in [2.05, 4.69) is 0 Å². The molecule has 1 aromatic rings. The van der Waals surface area contributed by atoms with Gasteiger partial charge in [-0.2, -0.15) is 0 Å². The lowest BCUT2D eigenvalue weighted by atomic mass is 10.1. The zero-order valence-corrected chi connectivity index (χ0v) is 8.03. The highest BCUT2D eigenvalue weighted by Crippen LogP contribution is 2.43. The van der Waals surface area contributed by atoms with Crippen LogP contribution < -0.4 is 4.65 Å². The van der Waals surface area contributed by atoms with E-state index in [1.54, 1.807) is 31.3 Å². The highest BCUT2D eigenvalue weighted by molar-refractivity contribution is 6.26. The number of benzene rings is 1. The predicted octanol–water partition coefficient (Wildman–Crippen LogP) is 2.97. The maximum Gasteiger partial charge on any atom is 0.204 e. The Bertz CT molecular complexity index is 347. The minimum absolute atomic E-state index is 0.574. The second-order valence-electron chi connectivity index (χ2n) is 3.33. The number of para-hydroxylation sites is 1. The molecule has 0 saturated carbocycles. The van der Waals surface area contributed by atoms with E-state index < -0.39 is 9.64 Å². The molecule has 0 amide bonds. The molecular weight excluding hydrogens is 186 g/mol. The number of halogens is 1. The van der Waals surface area contributed by atoms with Crippen molar-refractivity contribution in [3.63, 3.8) is 0 Å². The van der Waals surface area contributed by atoms with Gasteiger partial charge in [0.1, 0.15) is 11.9 Å². The first-order valence-corrected chi connectivity index (χ1v) is 4.49. The second-order valence-corrected chi connectivity index (χ2v) is 4.10. The average molecular weight is 196 g/mol. The average Bonchev–Trinajstić information content (AvgIpc) is 2.16. The van der Waals surface area contributed by atoms with Crippen LogP contribution in [0.5, 0.6) is 0 Å². The number of alkyl halides is 1. The summed E-state index contributed by atoms with van der Waals surface area (Å²) in [5.41, 5.74) is 0.669. The first-order valence-electron chi connectivity index (χ1n) is 4.11. The lowest BCUT2D eigenvalue weighted by Crippen LogP contribution is -2.58. The van der Waals surface area contributed by atoms with Crippen molar-refractivity contribution in [3.8, 4) is 0 Å². The quantitative estimate of drug-likeness (QED) is 0.292. The fraction of sp³-hybridized carbons (Fsp3) is 0.200. The number of hydroxylamine groups is 2. The summed E-state index contributed by atoms with van der Waals surface area (Å²) in [5, 5.41) is 12.1. The van der Waals surface area contributed by atoms with Crippen molar-refractivity contribution in [1.29, 1.82) is 0 Å². The van der Waals surface area contributed by atoms with Crippen LogP contribution in [0.1, 0.15) is 6.92 Å². The summed E-state index contributed by atoms with van der Waals surface area (Å²) in [6.07, 6.45) is 3.27. The van der Waals surface area contributed by atoms with E-state index in [0.29, 0.717) is 5.69 Å². The Kier molecular flexibility index (Phi) is 1.74. The normalized spacial score (nSPS) is 37.2.